The van der Waals surface area contributed by atoms with Gasteiger partial charge in [-0.2, -0.15) is 13.5 Å². The lowest BCUT2D eigenvalue weighted by Gasteiger charge is -2.07. The van der Waals surface area contributed by atoms with E-state index in [0.717, 1.165) is 12.0 Å². The number of aromatic nitrogens is 1. The van der Waals surface area contributed by atoms with Crippen molar-refractivity contribution in [1.82, 2.24) is 9.82 Å². The van der Waals surface area contributed by atoms with Crippen LogP contribution in [0, 0.1) is 5.92 Å². The molecule has 0 saturated carbocycles. The predicted octanol–water partition coefficient (Wildman–Crippen LogP) is 2.59. The van der Waals surface area contributed by atoms with E-state index in [9.17, 15) is 8.42 Å². The van der Waals surface area contributed by atoms with Gasteiger partial charge >= 0.3 is 0 Å². The van der Waals surface area contributed by atoms with E-state index in [1.165, 1.54) is 6.21 Å². The summed E-state index contributed by atoms with van der Waals surface area (Å²) in [6.45, 7) is 4.25. The SMILES string of the molecule is CC(C)Cc1ccc(S(=O)(=O)N/N=C/c2ccccn2)cc1. The van der Waals surface area contributed by atoms with Gasteiger partial charge in [-0.3, -0.25) is 4.98 Å². The van der Waals surface area contributed by atoms with Crippen LogP contribution >= 0.6 is 0 Å². The van der Waals surface area contributed by atoms with E-state index in [4.69, 9.17) is 0 Å². The molecule has 5 nitrogen and oxygen atoms in total. The van der Waals surface area contributed by atoms with E-state index < -0.39 is 10.0 Å². The second-order valence-electron chi connectivity index (χ2n) is 5.35. The molecular formula is C16H19N3O2S. The van der Waals surface area contributed by atoms with Crippen LogP contribution in [0.4, 0.5) is 0 Å². The van der Waals surface area contributed by atoms with Gasteiger partial charge < -0.3 is 0 Å². The lowest BCUT2D eigenvalue weighted by Crippen LogP contribution is -2.18. The zero-order chi connectivity index (χ0) is 16.0. The molecule has 2 rings (SSSR count). The molecule has 0 amide bonds. The van der Waals surface area contributed by atoms with Crippen molar-refractivity contribution in [3.8, 4) is 0 Å². The Hall–Kier alpha value is -2.21. The highest BCUT2D eigenvalue weighted by molar-refractivity contribution is 7.89. The topological polar surface area (TPSA) is 71.4 Å². The summed E-state index contributed by atoms with van der Waals surface area (Å²) in [4.78, 5) is 6.40. The first kappa shape index (κ1) is 16.2. The summed E-state index contributed by atoms with van der Waals surface area (Å²) in [5.74, 6) is 0.531. The normalized spacial score (nSPS) is 12.0. The number of rotatable bonds is 6. The van der Waals surface area contributed by atoms with Crippen molar-refractivity contribution in [1.29, 1.82) is 0 Å². The van der Waals surface area contributed by atoms with Crippen LogP contribution < -0.4 is 4.83 Å². The molecule has 1 N–H and O–H groups in total. The van der Waals surface area contributed by atoms with Crippen LogP contribution in [-0.2, 0) is 16.4 Å². The van der Waals surface area contributed by atoms with Crippen LogP contribution in [0.3, 0.4) is 0 Å². The Balaban J connectivity index is 2.05. The lowest BCUT2D eigenvalue weighted by molar-refractivity contribution is 0.584. The number of hydrogen-bond acceptors (Lipinski definition) is 4. The van der Waals surface area contributed by atoms with Crippen molar-refractivity contribution in [3.05, 3.63) is 59.9 Å². The molecule has 1 heterocycles. The first-order valence-electron chi connectivity index (χ1n) is 7.02. The van der Waals surface area contributed by atoms with Crippen molar-refractivity contribution in [2.24, 2.45) is 11.0 Å². The van der Waals surface area contributed by atoms with E-state index >= 15 is 0 Å². The molecule has 6 heteroatoms. The van der Waals surface area contributed by atoms with Gasteiger partial charge in [0, 0.05) is 6.20 Å². The number of nitrogens with zero attached hydrogens (tertiary/aromatic N) is 2. The van der Waals surface area contributed by atoms with E-state index in [1.807, 2.05) is 12.1 Å². The average Bonchev–Trinajstić information content (AvgIpc) is 2.48. The van der Waals surface area contributed by atoms with Crippen LogP contribution in [0.15, 0.2) is 58.7 Å². The summed E-state index contributed by atoms with van der Waals surface area (Å²) in [5.41, 5.74) is 1.70. The minimum atomic E-state index is -3.65. The zero-order valence-electron chi connectivity index (χ0n) is 12.6. The van der Waals surface area contributed by atoms with Gasteiger partial charge in [0.1, 0.15) is 0 Å². The number of hydrogen-bond donors (Lipinski definition) is 1. The highest BCUT2D eigenvalue weighted by Gasteiger charge is 2.12. The molecule has 1 aromatic carbocycles. The minimum absolute atomic E-state index is 0.193. The van der Waals surface area contributed by atoms with Crippen LogP contribution in [-0.4, -0.2) is 19.6 Å². The fourth-order valence-electron chi connectivity index (χ4n) is 1.94. The molecule has 0 fully saturated rings. The number of nitrogens with one attached hydrogen (secondary N) is 1. The molecule has 116 valence electrons. The monoisotopic (exact) mass is 317 g/mol. The lowest BCUT2D eigenvalue weighted by atomic mass is 10.0. The van der Waals surface area contributed by atoms with Gasteiger partial charge in [0.15, 0.2) is 0 Å². The molecular weight excluding hydrogens is 298 g/mol. The Labute approximate surface area is 131 Å². The summed E-state index contributed by atoms with van der Waals surface area (Å²) >= 11 is 0. The van der Waals surface area contributed by atoms with Gasteiger partial charge in [-0.15, -0.1) is 0 Å². The maximum absolute atomic E-state index is 12.1. The predicted molar refractivity (Wildman–Crippen MR) is 87.1 cm³/mol. The summed E-state index contributed by atoms with van der Waals surface area (Å²) in [6, 6.07) is 12.2. The van der Waals surface area contributed by atoms with Gasteiger partial charge in [0.2, 0.25) is 0 Å². The highest BCUT2D eigenvalue weighted by atomic mass is 32.2. The fraction of sp³-hybridized carbons (Fsp3) is 0.250. The first-order chi connectivity index (χ1) is 10.5. The molecule has 1 aromatic heterocycles. The Morgan fingerprint density at radius 3 is 2.50 bits per heavy atom. The van der Waals surface area contributed by atoms with Crippen LogP contribution in [0.25, 0.3) is 0 Å². The van der Waals surface area contributed by atoms with Crippen molar-refractivity contribution in [2.75, 3.05) is 0 Å². The van der Waals surface area contributed by atoms with Crippen LogP contribution in [0.2, 0.25) is 0 Å². The third kappa shape index (κ3) is 4.66. The van der Waals surface area contributed by atoms with Crippen molar-refractivity contribution in [2.45, 2.75) is 25.2 Å². The van der Waals surface area contributed by atoms with Crippen molar-refractivity contribution in [3.63, 3.8) is 0 Å². The number of sulfonamides is 1. The van der Waals surface area contributed by atoms with Gasteiger partial charge in [-0.1, -0.05) is 32.0 Å². The maximum Gasteiger partial charge on any atom is 0.276 e. The van der Waals surface area contributed by atoms with Gasteiger partial charge in [-0.05, 0) is 42.2 Å². The third-order valence-corrected chi connectivity index (χ3v) is 4.17. The quantitative estimate of drug-likeness (QED) is 0.657. The highest BCUT2D eigenvalue weighted by Crippen LogP contribution is 2.13. The second-order valence-corrected chi connectivity index (χ2v) is 7.01. The average molecular weight is 317 g/mol. The molecule has 22 heavy (non-hydrogen) atoms. The van der Waals surface area contributed by atoms with E-state index in [1.54, 1.807) is 36.5 Å². The van der Waals surface area contributed by atoms with Crippen LogP contribution in [0.5, 0.6) is 0 Å². The summed E-state index contributed by atoms with van der Waals surface area (Å²) in [7, 11) is -3.65. The summed E-state index contributed by atoms with van der Waals surface area (Å²) < 4.78 is 24.2. The molecule has 0 spiro atoms. The molecule has 0 unspecified atom stereocenters. The summed E-state index contributed by atoms with van der Waals surface area (Å²) in [5, 5.41) is 3.74. The molecule has 0 aliphatic rings. The van der Waals surface area contributed by atoms with E-state index in [2.05, 4.69) is 28.8 Å². The Morgan fingerprint density at radius 2 is 1.91 bits per heavy atom. The molecule has 0 bridgehead atoms. The second kappa shape index (κ2) is 7.17. The Kier molecular flexibility index (Phi) is 5.27. The van der Waals surface area contributed by atoms with Gasteiger partial charge in [-0.25, -0.2) is 4.83 Å². The van der Waals surface area contributed by atoms with E-state index in [0.29, 0.717) is 11.6 Å². The van der Waals surface area contributed by atoms with Gasteiger partial charge in [0.05, 0.1) is 16.8 Å². The Bertz CT molecular complexity index is 724. The molecule has 0 atom stereocenters. The molecule has 0 saturated heterocycles. The minimum Gasteiger partial charge on any atom is -0.255 e. The van der Waals surface area contributed by atoms with Crippen molar-refractivity contribution < 1.29 is 8.42 Å². The van der Waals surface area contributed by atoms with E-state index in [-0.39, 0.29) is 4.90 Å². The smallest absolute Gasteiger partial charge is 0.255 e. The standard InChI is InChI=1S/C16H19N3O2S/c1-13(2)11-14-6-8-16(9-7-14)22(20,21)19-18-12-15-5-3-4-10-17-15/h3-10,12-13,19H,11H2,1-2H3/b18-12+. The maximum atomic E-state index is 12.1. The third-order valence-electron chi connectivity index (χ3n) is 2.94. The number of pyridine rings is 1. The molecule has 0 aliphatic heterocycles. The number of benzene rings is 1. The largest absolute Gasteiger partial charge is 0.276 e. The van der Waals surface area contributed by atoms with Gasteiger partial charge in [0.25, 0.3) is 10.0 Å². The fourth-order valence-corrected chi connectivity index (χ4v) is 2.73. The molecule has 2 aromatic rings. The number of hydrazone groups is 1. The Morgan fingerprint density at radius 1 is 1.18 bits per heavy atom. The summed E-state index contributed by atoms with van der Waals surface area (Å²) in [6.07, 6.45) is 3.90. The molecule has 0 aliphatic carbocycles. The first-order valence-corrected chi connectivity index (χ1v) is 8.50. The van der Waals surface area contributed by atoms with Crippen molar-refractivity contribution >= 4 is 16.2 Å². The van der Waals surface area contributed by atoms with Crippen LogP contribution in [0.1, 0.15) is 25.1 Å². The zero-order valence-corrected chi connectivity index (χ0v) is 13.4. The molecule has 0 radical (unpaired) electrons.